The van der Waals surface area contributed by atoms with Crippen LogP contribution in [0.2, 0.25) is 5.28 Å². The minimum Gasteiger partial charge on any atom is -0.269 e. The lowest BCUT2D eigenvalue weighted by molar-refractivity contribution is 1.00. The summed E-state index contributed by atoms with van der Waals surface area (Å²) in [5.74, 6) is 0. The van der Waals surface area contributed by atoms with Crippen LogP contribution >= 0.6 is 11.6 Å². The Balaban J connectivity index is 2.44. The van der Waals surface area contributed by atoms with E-state index in [1.165, 1.54) is 10.6 Å². The van der Waals surface area contributed by atoms with Gasteiger partial charge in [0.1, 0.15) is 0 Å². The lowest BCUT2D eigenvalue weighted by Crippen LogP contribution is -2.18. The SMILES string of the molecule is O=c1ccc2cnc(Cl)nc2n1-c1ccccc1. The van der Waals surface area contributed by atoms with Crippen LogP contribution in [0.3, 0.4) is 0 Å². The molecule has 1 aromatic carbocycles. The zero-order valence-corrected chi connectivity index (χ0v) is 10.0. The Morgan fingerprint density at radius 1 is 1.06 bits per heavy atom. The fraction of sp³-hybridized carbons (Fsp3) is 0. The average molecular weight is 258 g/mol. The molecule has 5 heteroatoms. The van der Waals surface area contributed by atoms with Crippen molar-refractivity contribution >= 4 is 22.6 Å². The highest BCUT2D eigenvalue weighted by Crippen LogP contribution is 2.14. The van der Waals surface area contributed by atoms with E-state index in [0.29, 0.717) is 5.65 Å². The highest BCUT2D eigenvalue weighted by Gasteiger charge is 2.07. The number of rotatable bonds is 1. The van der Waals surface area contributed by atoms with Gasteiger partial charge in [-0.05, 0) is 29.8 Å². The number of nitrogens with zero attached hydrogens (tertiary/aromatic N) is 3. The molecule has 2 aromatic heterocycles. The average Bonchev–Trinajstić information content (AvgIpc) is 2.39. The summed E-state index contributed by atoms with van der Waals surface area (Å²) in [5.41, 5.74) is 1.11. The molecule has 18 heavy (non-hydrogen) atoms. The lowest BCUT2D eigenvalue weighted by atomic mass is 10.3. The van der Waals surface area contributed by atoms with Gasteiger partial charge in [0.05, 0.1) is 5.69 Å². The first-order chi connectivity index (χ1) is 8.75. The minimum absolute atomic E-state index is 0.123. The topological polar surface area (TPSA) is 47.8 Å². The van der Waals surface area contributed by atoms with Crippen LogP contribution in [0.1, 0.15) is 0 Å². The van der Waals surface area contributed by atoms with E-state index >= 15 is 0 Å². The number of aromatic nitrogens is 3. The summed E-state index contributed by atoms with van der Waals surface area (Å²) in [4.78, 5) is 20.0. The Hall–Kier alpha value is -2.20. The molecular formula is C13H8ClN3O. The molecule has 0 N–H and O–H groups in total. The molecule has 0 fully saturated rings. The number of pyridine rings is 1. The molecule has 0 atom stereocenters. The molecule has 0 unspecified atom stereocenters. The summed E-state index contributed by atoms with van der Waals surface area (Å²) < 4.78 is 1.52. The van der Waals surface area contributed by atoms with Crippen LogP contribution in [0.5, 0.6) is 0 Å². The molecule has 0 aliphatic heterocycles. The van der Waals surface area contributed by atoms with Crippen LogP contribution < -0.4 is 5.56 Å². The quantitative estimate of drug-likeness (QED) is 0.629. The second-order valence-electron chi connectivity index (χ2n) is 3.76. The third-order valence-corrected chi connectivity index (χ3v) is 2.80. The molecule has 0 aliphatic rings. The molecule has 0 amide bonds. The first-order valence-electron chi connectivity index (χ1n) is 5.35. The van der Waals surface area contributed by atoms with Crippen molar-refractivity contribution in [3.8, 4) is 5.69 Å². The van der Waals surface area contributed by atoms with Crippen LogP contribution in [0.25, 0.3) is 16.7 Å². The number of hydrogen-bond donors (Lipinski definition) is 0. The molecule has 3 aromatic rings. The zero-order valence-electron chi connectivity index (χ0n) is 9.25. The first-order valence-corrected chi connectivity index (χ1v) is 5.73. The third kappa shape index (κ3) is 1.76. The van der Waals surface area contributed by atoms with Crippen molar-refractivity contribution < 1.29 is 0 Å². The number of fused-ring (bicyclic) bond motifs is 1. The fourth-order valence-electron chi connectivity index (χ4n) is 1.82. The van der Waals surface area contributed by atoms with Gasteiger partial charge in [0.25, 0.3) is 5.56 Å². The monoisotopic (exact) mass is 257 g/mol. The maximum Gasteiger partial charge on any atom is 0.256 e. The highest BCUT2D eigenvalue weighted by molar-refractivity contribution is 6.28. The predicted octanol–water partition coefficient (Wildman–Crippen LogP) is 2.43. The highest BCUT2D eigenvalue weighted by atomic mass is 35.5. The molecule has 0 bridgehead atoms. The van der Waals surface area contributed by atoms with E-state index in [1.54, 1.807) is 12.3 Å². The third-order valence-electron chi connectivity index (χ3n) is 2.62. The Bertz CT molecular complexity index is 768. The summed E-state index contributed by atoms with van der Waals surface area (Å²) in [6, 6.07) is 12.5. The first kappa shape index (κ1) is 10.9. The number of hydrogen-bond acceptors (Lipinski definition) is 3. The zero-order chi connectivity index (χ0) is 12.5. The van der Waals surface area contributed by atoms with E-state index in [2.05, 4.69) is 9.97 Å². The molecule has 2 heterocycles. The Kier molecular flexibility index (Phi) is 2.57. The van der Waals surface area contributed by atoms with E-state index < -0.39 is 0 Å². The van der Waals surface area contributed by atoms with Crippen molar-refractivity contribution in [2.45, 2.75) is 0 Å². The molecular weight excluding hydrogens is 250 g/mol. The smallest absolute Gasteiger partial charge is 0.256 e. The maximum atomic E-state index is 12.0. The Morgan fingerprint density at radius 3 is 2.61 bits per heavy atom. The molecule has 0 saturated heterocycles. The molecule has 3 rings (SSSR count). The van der Waals surface area contributed by atoms with Crippen molar-refractivity contribution in [2.24, 2.45) is 0 Å². The predicted molar refractivity (Wildman–Crippen MR) is 70.1 cm³/mol. The van der Waals surface area contributed by atoms with Crippen molar-refractivity contribution in [3.63, 3.8) is 0 Å². The van der Waals surface area contributed by atoms with Gasteiger partial charge in [0, 0.05) is 17.6 Å². The summed E-state index contributed by atoms with van der Waals surface area (Å²) >= 11 is 5.79. The van der Waals surface area contributed by atoms with Gasteiger partial charge in [-0.25, -0.2) is 4.98 Å². The fourth-order valence-corrected chi connectivity index (χ4v) is 1.95. The van der Waals surface area contributed by atoms with Crippen LogP contribution in [-0.4, -0.2) is 14.5 Å². The van der Waals surface area contributed by atoms with Gasteiger partial charge in [-0.3, -0.25) is 9.36 Å². The largest absolute Gasteiger partial charge is 0.269 e. The minimum atomic E-state index is -0.150. The Labute approximate surface area is 108 Å². The number of para-hydroxylation sites is 1. The van der Waals surface area contributed by atoms with E-state index in [-0.39, 0.29) is 10.8 Å². The second-order valence-corrected chi connectivity index (χ2v) is 4.10. The van der Waals surface area contributed by atoms with Crippen LogP contribution in [0, 0.1) is 0 Å². The van der Waals surface area contributed by atoms with Crippen molar-refractivity contribution in [1.29, 1.82) is 0 Å². The molecule has 4 nitrogen and oxygen atoms in total. The maximum absolute atomic E-state index is 12.0. The van der Waals surface area contributed by atoms with Gasteiger partial charge in [0.2, 0.25) is 5.28 Å². The summed E-state index contributed by atoms with van der Waals surface area (Å²) in [6.45, 7) is 0. The molecule has 0 radical (unpaired) electrons. The van der Waals surface area contributed by atoms with Crippen molar-refractivity contribution in [2.75, 3.05) is 0 Å². The summed E-state index contributed by atoms with van der Waals surface area (Å²) in [5, 5.41) is 0.889. The van der Waals surface area contributed by atoms with Gasteiger partial charge in [-0.1, -0.05) is 18.2 Å². The van der Waals surface area contributed by atoms with Gasteiger partial charge >= 0.3 is 0 Å². The van der Waals surface area contributed by atoms with Gasteiger partial charge in [0.15, 0.2) is 5.65 Å². The summed E-state index contributed by atoms with van der Waals surface area (Å²) in [6.07, 6.45) is 1.60. The Morgan fingerprint density at radius 2 is 1.83 bits per heavy atom. The van der Waals surface area contributed by atoms with Crippen LogP contribution in [0.15, 0.2) is 53.5 Å². The van der Waals surface area contributed by atoms with Crippen LogP contribution in [0.4, 0.5) is 0 Å². The molecule has 0 spiro atoms. The lowest BCUT2D eigenvalue weighted by Gasteiger charge is -2.08. The number of benzene rings is 1. The standard InChI is InChI=1S/C13H8ClN3O/c14-13-15-8-9-6-7-11(18)17(12(9)16-13)10-4-2-1-3-5-10/h1-8H. The second kappa shape index (κ2) is 4.23. The van der Waals surface area contributed by atoms with E-state index in [0.717, 1.165) is 11.1 Å². The van der Waals surface area contributed by atoms with E-state index in [4.69, 9.17) is 11.6 Å². The van der Waals surface area contributed by atoms with Gasteiger partial charge < -0.3 is 0 Å². The molecule has 0 saturated carbocycles. The molecule has 0 aliphatic carbocycles. The van der Waals surface area contributed by atoms with E-state index in [1.807, 2.05) is 30.3 Å². The number of halogens is 1. The van der Waals surface area contributed by atoms with Crippen LogP contribution in [-0.2, 0) is 0 Å². The van der Waals surface area contributed by atoms with Crippen molar-refractivity contribution in [3.05, 3.63) is 64.3 Å². The van der Waals surface area contributed by atoms with Gasteiger partial charge in [-0.15, -0.1) is 0 Å². The van der Waals surface area contributed by atoms with Crippen molar-refractivity contribution in [1.82, 2.24) is 14.5 Å². The molecule has 88 valence electrons. The van der Waals surface area contributed by atoms with Gasteiger partial charge in [-0.2, -0.15) is 4.98 Å². The normalized spacial score (nSPS) is 10.7. The summed E-state index contributed by atoms with van der Waals surface area (Å²) in [7, 11) is 0. The van der Waals surface area contributed by atoms with E-state index in [9.17, 15) is 4.79 Å².